The lowest BCUT2D eigenvalue weighted by Crippen LogP contribution is -2.35. The van der Waals surface area contributed by atoms with Gasteiger partial charge < -0.3 is 15.9 Å². The Morgan fingerprint density at radius 3 is 2.31 bits per heavy atom. The van der Waals surface area contributed by atoms with Crippen LogP contribution in [0.1, 0.15) is 13.3 Å². The van der Waals surface area contributed by atoms with Crippen molar-refractivity contribution in [2.24, 2.45) is 17.4 Å². The SMILES string of the molecule is CCO[Si](C)(C)CC(CN)CCN. The maximum atomic E-state index is 5.75. The fourth-order valence-electron chi connectivity index (χ4n) is 1.68. The van der Waals surface area contributed by atoms with Gasteiger partial charge in [-0.05, 0) is 51.5 Å². The molecule has 0 radical (unpaired) electrons. The molecule has 0 bridgehead atoms. The van der Waals surface area contributed by atoms with Gasteiger partial charge in [-0.15, -0.1) is 0 Å². The molecule has 0 fully saturated rings. The normalized spacial score (nSPS) is 14.5. The summed E-state index contributed by atoms with van der Waals surface area (Å²) in [5.41, 5.74) is 11.2. The van der Waals surface area contributed by atoms with Gasteiger partial charge in [0.15, 0.2) is 8.32 Å². The Kier molecular flexibility index (Phi) is 6.58. The monoisotopic (exact) mass is 204 g/mol. The summed E-state index contributed by atoms with van der Waals surface area (Å²) in [7, 11) is -1.46. The van der Waals surface area contributed by atoms with E-state index in [0.29, 0.717) is 5.92 Å². The molecule has 0 aliphatic heterocycles. The maximum absolute atomic E-state index is 5.75. The van der Waals surface area contributed by atoms with E-state index in [0.717, 1.165) is 32.2 Å². The molecule has 4 N–H and O–H groups in total. The van der Waals surface area contributed by atoms with Crippen LogP contribution >= 0.6 is 0 Å². The molecule has 0 rings (SSSR count). The van der Waals surface area contributed by atoms with Crippen LogP contribution in [0.25, 0.3) is 0 Å². The van der Waals surface area contributed by atoms with Crippen LogP contribution < -0.4 is 11.5 Å². The first-order valence-corrected chi connectivity index (χ1v) is 8.21. The van der Waals surface area contributed by atoms with Gasteiger partial charge in [0.1, 0.15) is 0 Å². The van der Waals surface area contributed by atoms with Crippen LogP contribution in [0.3, 0.4) is 0 Å². The van der Waals surface area contributed by atoms with E-state index in [1.165, 1.54) is 0 Å². The first kappa shape index (κ1) is 13.1. The lowest BCUT2D eigenvalue weighted by molar-refractivity contribution is 0.320. The van der Waals surface area contributed by atoms with E-state index in [1.54, 1.807) is 0 Å². The van der Waals surface area contributed by atoms with E-state index in [4.69, 9.17) is 15.9 Å². The van der Waals surface area contributed by atoms with Crippen molar-refractivity contribution in [1.29, 1.82) is 0 Å². The van der Waals surface area contributed by atoms with Crippen molar-refractivity contribution in [3.05, 3.63) is 0 Å². The average molecular weight is 204 g/mol. The number of hydrogen-bond donors (Lipinski definition) is 2. The predicted octanol–water partition coefficient (Wildman–Crippen LogP) is 1.15. The highest BCUT2D eigenvalue weighted by Gasteiger charge is 2.25. The van der Waals surface area contributed by atoms with Gasteiger partial charge in [-0.3, -0.25) is 0 Å². The Hall–Kier alpha value is 0.0969. The smallest absolute Gasteiger partial charge is 0.187 e. The third-order valence-corrected chi connectivity index (χ3v) is 4.85. The van der Waals surface area contributed by atoms with Crippen LogP contribution in [0, 0.1) is 5.92 Å². The molecule has 0 amide bonds. The van der Waals surface area contributed by atoms with E-state index in [-0.39, 0.29) is 0 Å². The van der Waals surface area contributed by atoms with Gasteiger partial charge in [-0.25, -0.2) is 0 Å². The zero-order valence-corrected chi connectivity index (χ0v) is 10.2. The van der Waals surface area contributed by atoms with Crippen molar-refractivity contribution in [1.82, 2.24) is 0 Å². The highest BCUT2D eigenvalue weighted by atomic mass is 28.4. The van der Waals surface area contributed by atoms with Crippen LogP contribution in [-0.4, -0.2) is 28.0 Å². The molecule has 4 heteroatoms. The Morgan fingerprint density at radius 1 is 1.31 bits per heavy atom. The minimum Gasteiger partial charge on any atom is -0.418 e. The Morgan fingerprint density at radius 2 is 1.92 bits per heavy atom. The molecule has 80 valence electrons. The van der Waals surface area contributed by atoms with E-state index in [2.05, 4.69) is 20.0 Å². The van der Waals surface area contributed by atoms with Crippen LogP contribution in [-0.2, 0) is 4.43 Å². The topological polar surface area (TPSA) is 61.3 Å². The zero-order chi connectivity index (χ0) is 10.3. The molecule has 3 nitrogen and oxygen atoms in total. The second-order valence-corrected chi connectivity index (χ2v) is 8.29. The summed E-state index contributed by atoms with van der Waals surface area (Å²) < 4.78 is 5.75. The Labute approximate surface area is 83.0 Å². The van der Waals surface area contributed by atoms with E-state index < -0.39 is 8.32 Å². The summed E-state index contributed by atoms with van der Waals surface area (Å²) in [5, 5.41) is 0. The molecule has 0 aromatic rings. The molecule has 0 saturated heterocycles. The van der Waals surface area contributed by atoms with Gasteiger partial charge >= 0.3 is 0 Å². The first-order chi connectivity index (χ1) is 6.05. The summed E-state index contributed by atoms with van der Waals surface area (Å²) >= 11 is 0. The predicted molar refractivity (Wildman–Crippen MR) is 60.1 cm³/mol. The van der Waals surface area contributed by atoms with Crippen molar-refractivity contribution in [2.45, 2.75) is 32.5 Å². The highest BCUT2D eigenvalue weighted by molar-refractivity contribution is 6.71. The quantitative estimate of drug-likeness (QED) is 0.612. The molecule has 1 unspecified atom stereocenters. The zero-order valence-electron chi connectivity index (χ0n) is 9.18. The fraction of sp³-hybridized carbons (Fsp3) is 1.00. The average Bonchev–Trinajstić information content (AvgIpc) is 2.03. The van der Waals surface area contributed by atoms with Crippen molar-refractivity contribution >= 4 is 8.32 Å². The summed E-state index contributed by atoms with van der Waals surface area (Å²) in [6, 6.07) is 1.13. The second kappa shape index (κ2) is 6.54. The van der Waals surface area contributed by atoms with Gasteiger partial charge in [0.25, 0.3) is 0 Å². The number of nitrogens with two attached hydrogens (primary N) is 2. The van der Waals surface area contributed by atoms with Gasteiger partial charge in [0.2, 0.25) is 0 Å². The molecular formula is C9H24N2OSi. The summed E-state index contributed by atoms with van der Waals surface area (Å²) in [5.74, 6) is 0.554. The minimum absolute atomic E-state index is 0.554. The Balaban J connectivity index is 3.89. The summed E-state index contributed by atoms with van der Waals surface area (Å²) in [6.07, 6.45) is 1.03. The molecule has 0 aromatic heterocycles. The van der Waals surface area contributed by atoms with E-state index in [9.17, 15) is 0 Å². The van der Waals surface area contributed by atoms with Crippen molar-refractivity contribution in [2.75, 3.05) is 19.7 Å². The van der Waals surface area contributed by atoms with Crippen molar-refractivity contribution < 1.29 is 4.43 Å². The summed E-state index contributed by atoms with van der Waals surface area (Å²) in [4.78, 5) is 0. The molecule has 0 aliphatic rings. The minimum atomic E-state index is -1.46. The maximum Gasteiger partial charge on any atom is 0.187 e. The molecule has 0 saturated carbocycles. The molecule has 13 heavy (non-hydrogen) atoms. The van der Waals surface area contributed by atoms with Gasteiger partial charge in [-0.2, -0.15) is 0 Å². The number of hydrogen-bond acceptors (Lipinski definition) is 3. The second-order valence-electron chi connectivity index (χ2n) is 4.08. The standard InChI is InChI=1S/C9H24N2OSi/c1-4-12-13(2,3)8-9(7-11)5-6-10/h9H,4-8,10-11H2,1-3H3. The lowest BCUT2D eigenvalue weighted by Gasteiger charge is -2.26. The molecule has 0 spiro atoms. The first-order valence-electron chi connectivity index (χ1n) is 5.09. The largest absolute Gasteiger partial charge is 0.418 e. The highest BCUT2D eigenvalue weighted by Crippen LogP contribution is 2.19. The molecule has 0 aliphatic carbocycles. The van der Waals surface area contributed by atoms with Crippen LogP contribution in [0.4, 0.5) is 0 Å². The van der Waals surface area contributed by atoms with Crippen LogP contribution in [0.2, 0.25) is 19.1 Å². The van der Waals surface area contributed by atoms with Gasteiger partial charge in [-0.1, -0.05) is 0 Å². The van der Waals surface area contributed by atoms with Crippen LogP contribution in [0.15, 0.2) is 0 Å². The van der Waals surface area contributed by atoms with Crippen molar-refractivity contribution in [3.8, 4) is 0 Å². The third-order valence-electron chi connectivity index (χ3n) is 2.22. The molecule has 0 heterocycles. The fourth-order valence-corrected chi connectivity index (χ4v) is 4.34. The van der Waals surface area contributed by atoms with Gasteiger partial charge in [0.05, 0.1) is 0 Å². The van der Waals surface area contributed by atoms with Crippen molar-refractivity contribution in [3.63, 3.8) is 0 Å². The Bertz CT molecular complexity index is 131. The summed E-state index contributed by atoms with van der Waals surface area (Å²) in [6.45, 7) is 8.83. The lowest BCUT2D eigenvalue weighted by atomic mass is 10.1. The molecule has 1 atom stereocenters. The van der Waals surface area contributed by atoms with Gasteiger partial charge in [0, 0.05) is 6.61 Å². The van der Waals surface area contributed by atoms with Crippen LogP contribution in [0.5, 0.6) is 0 Å². The number of rotatable bonds is 7. The third kappa shape index (κ3) is 6.21. The molecular weight excluding hydrogens is 180 g/mol. The van der Waals surface area contributed by atoms with E-state index >= 15 is 0 Å². The van der Waals surface area contributed by atoms with E-state index in [1.807, 2.05) is 0 Å². The molecule has 0 aromatic carbocycles.